The first-order valence-electron chi connectivity index (χ1n) is 16.4. The molecule has 5 aromatic rings. The monoisotopic (exact) mass is 722 g/mol. The standard InChI is InChI=1S/C34H43FN8O7Si/c1-9-47-33(45)43-27(15-16-36-43)42-32(44)39-31(40-42)29(38-23-13-11-22(12-14-23)30-37-21(2)50-41-30)25-19-24(46-6)20-26(28(25)35)48-17-10-18-49-51(7,8)34(3,4)5/h11-16,19-20,29,38H,9-10,17-18H2,1-8H3,(H,39,40,44). The van der Waals surface area contributed by atoms with Crippen molar-refractivity contribution in [1.82, 2.24) is 34.7 Å². The number of methoxy groups -OCH3 is 1. The Morgan fingerprint density at radius 1 is 1.14 bits per heavy atom. The molecule has 5 rings (SSSR count). The smallest absolute Gasteiger partial charge is 0.436 e. The molecule has 0 fully saturated rings. The van der Waals surface area contributed by atoms with Gasteiger partial charge in [0.25, 0.3) is 0 Å². The van der Waals surface area contributed by atoms with Crippen LogP contribution in [0.1, 0.15) is 57.4 Å². The fourth-order valence-corrected chi connectivity index (χ4v) is 5.90. The summed E-state index contributed by atoms with van der Waals surface area (Å²) < 4.78 is 46.3. The first kappa shape index (κ1) is 37.0. The normalized spacial score (nSPS) is 12.5. The number of aromatic amines is 1. The number of hydrogen-bond acceptors (Lipinski definition) is 12. The van der Waals surface area contributed by atoms with Gasteiger partial charge < -0.3 is 28.5 Å². The molecule has 0 spiro atoms. The van der Waals surface area contributed by atoms with E-state index in [-0.39, 0.29) is 41.2 Å². The number of carbonyl (C=O) groups excluding carboxylic acids is 1. The number of aryl methyl sites for hydroxylation is 1. The van der Waals surface area contributed by atoms with Crippen molar-refractivity contribution < 1.29 is 32.3 Å². The molecule has 2 aromatic carbocycles. The van der Waals surface area contributed by atoms with E-state index in [9.17, 15) is 9.59 Å². The van der Waals surface area contributed by atoms with E-state index >= 15 is 4.39 Å². The van der Waals surface area contributed by atoms with E-state index < -0.39 is 32.0 Å². The number of aromatic nitrogens is 7. The van der Waals surface area contributed by atoms with Crippen LogP contribution in [0.3, 0.4) is 0 Å². The van der Waals surface area contributed by atoms with E-state index in [2.05, 4.69) is 64.5 Å². The van der Waals surface area contributed by atoms with Gasteiger partial charge in [-0.25, -0.2) is 14.0 Å². The van der Waals surface area contributed by atoms with Crippen LogP contribution in [0.15, 0.2) is 58.0 Å². The molecule has 0 saturated heterocycles. The van der Waals surface area contributed by atoms with E-state index in [4.69, 9.17) is 23.2 Å². The lowest BCUT2D eigenvalue weighted by Crippen LogP contribution is -2.41. The molecule has 1 unspecified atom stereocenters. The Kier molecular flexibility index (Phi) is 11.1. The van der Waals surface area contributed by atoms with Crippen LogP contribution < -0.4 is 20.5 Å². The summed E-state index contributed by atoms with van der Waals surface area (Å²) in [6.07, 6.45) is 1.08. The minimum atomic E-state index is -1.96. The maximum absolute atomic E-state index is 16.5. The highest BCUT2D eigenvalue weighted by molar-refractivity contribution is 6.74. The van der Waals surface area contributed by atoms with Gasteiger partial charge in [-0.05, 0) is 55.4 Å². The summed E-state index contributed by atoms with van der Waals surface area (Å²) in [5.41, 5.74) is 0.606. The zero-order valence-corrected chi connectivity index (χ0v) is 30.9. The van der Waals surface area contributed by atoms with E-state index in [1.165, 1.54) is 31.5 Å². The number of rotatable bonds is 14. The third-order valence-electron chi connectivity index (χ3n) is 8.57. The molecule has 51 heavy (non-hydrogen) atoms. The Hall–Kier alpha value is -5.29. The summed E-state index contributed by atoms with van der Waals surface area (Å²) in [6.45, 7) is 15.0. The molecule has 0 aliphatic carbocycles. The van der Waals surface area contributed by atoms with Crippen molar-refractivity contribution >= 4 is 20.1 Å². The molecule has 0 radical (unpaired) electrons. The highest BCUT2D eigenvalue weighted by Crippen LogP contribution is 2.37. The molecule has 2 N–H and O–H groups in total. The van der Waals surface area contributed by atoms with Gasteiger partial charge in [0.15, 0.2) is 31.5 Å². The number of H-pyrrole nitrogens is 1. The van der Waals surface area contributed by atoms with Gasteiger partial charge in [0, 0.05) is 48.9 Å². The van der Waals surface area contributed by atoms with E-state index in [0.29, 0.717) is 41.7 Å². The Morgan fingerprint density at radius 2 is 1.88 bits per heavy atom. The third kappa shape index (κ3) is 8.37. The van der Waals surface area contributed by atoms with Crippen LogP contribution in [0.4, 0.5) is 14.9 Å². The SMILES string of the molecule is CCOC(=O)n1nccc1-n1nc(C(Nc2ccc(-c3noc(C)n3)cc2)c2cc(OC)cc(OCCCO[Si](C)(C)C(C)(C)C)c2F)[nH]c1=O. The van der Waals surface area contributed by atoms with E-state index in [0.717, 1.165) is 9.36 Å². The minimum absolute atomic E-state index is 0.0227. The molecule has 0 amide bonds. The van der Waals surface area contributed by atoms with Gasteiger partial charge in [0.2, 0.25) is 11.7 Å². The summed E-state index contributed by atoms with van der Waals surface area (Å²) in [4.78, 5) is 32.8. The molecule has 272 valence electrons. The highest BCUT2D eigenvalue weighted by Gasteiger charge is 2.37. The highest BCUT2D eigenvalue weighted by atomic mass is 28.4. The van der Waals surface area contributed by atoms with Gasteiger partial charge in [0.05, 0.1) is 26.5 Å². The molecule has 1 atom stereocenters. The molecule has 3 heterocycles. The van der Waals surface area contributed by atoms with E-state index in [1.807, 2.05) is 0 Å². The van der Waals surface area contributed by atoms with Crippen molar-refractivity contribution in [2.45, 2.75) is 65.2 Å². The largest absolute Gasteiger partial charge is 0.497 e. The average Bonchev–Trinajstić information content (AvgIpc) is 3.84. The lowest BCUT2D eigenvalue weighted by Gasteiger charge is -2.36. The van der Waals surface area contributed by atoms with Crippen LogP contribution in [0.25, 0.3) is 17.2 Å². The summed E-state index contributed by atoms with van der Waals surface area (Å²) in [5, 5.41) is 15.7. The molecule has 3 aromatic heterocycles. The number of benzene rings is 2. The van der Waals surface area contributed by atoms with Crippen molar-refractivity contribution in [3.05, 3.63) is 82.2 Å². The van der Waals surface area contributed by atoms with Crippen LogP contribution >= 0.6 is 0 Å². The Morgan fingerprint density at radius 3 is 2.53 bits per heavy atom. The molecule has 0 saturated carbocycles. The first-order valence-corrected chi connectivity index (χ1v) is 19.4. The number of carbonyl (C=O) groups is 1. The van der Waals surface area contributed by atoms with Crippen LogP contribution in [0.5, 0.6) is 11.5 Å². The summed E-state index contributed by atoms with van der Waals surface area (Å²) >= 11 is 0. The van der Waals surface area contributed by atoms with E-state index in [1.54, 1.807) is 38.1 Å². The molecule has 0 aliphatic heterocycles. The van der Waals surface area contributed by atoms with Crippen molar-refractivity contribution in [1.29, 1.82) is 0 Å². The molecule has 17 heteroatoms. The molecule has 0 aliphatic rings. The Bertz CT molecular complexity index is 2010. The quantitative estimate of drug-likeness (QED) is 0.0975. The van der Waals surface area contributed by atoms with Crippen molar-refractivity contribution in [3.63, 3.8) is 0 Å². The van der Waals surface area contributed by atoms with Gasteiger partial charge >= 0.3 is 11.8 Å². The second-order valence-electron chi connectivity index (χ2n) is 13.2. The molecule has 0 bridgehead atoms. The van der Waals surface area contributed by atoms with Gasteiger partial charge in [-0.2, -0.15) is 14.8 Å². The topological polar surface area (TPSA) is 173 Å². The molecular formula is C34H43FN8O7Si. The fourth-order valence-electron chi connectivity index (χ4n) is 4.81. The average molecular weight is 723 g/mol. The maximum atomic E-state index is 16.5. The summed E-state index contributed by atoms with van der Waals surface area (Å²) in [7, 11) is -0.496. The van der Waals surface area contributed by atoms with Gasteiger partial charge in [-0.3, -0.25) is 4.98 Å². The second-order valence-corrected chi connectivity index (χ2v) is 18.0. The van der Waals surface area contributed by atoms with Crippen LogP contribution in [-0.4, -0.2) is 76.0 Å². The first-order chi connectivity index (χ1) is 24.2. The van der Waals surface area contributed by atoms with Gasteiger partial charge in [-0.1, -0.05) is 25.9 Å². The van der Waals surface area contributed by atoms with Gasteiger partial charge in [-0.15, -0.1) is 9.78 Å². The number of ether oxygens (including phenoxy) is 3. The zero-order valence-electron chi connectivity index (χ0n) is 29.9. The number of halogens is 1. The summed E-state index contributed by atoms with van der Waals surface area (Å²) in [6, 6.07) is 10.3. The second kappa shape index (κ2) is 15.3. The number of anilines is 1. The minimum Gasteiger partial charge on any atom is -0.497 e. The lowest BCUT2D eigenvalue weighted by atomic mass is 10.0. The molecule has 15 nitrogen and oxygen atoms in total. The van der Waals surface area contributed by atoms with Crippen molar-refractivity contribution in [2.75, 3.05) is 32.2 Å². The molecular weight excluding hydrogens is 680 g/mol. The zero-order chi connectivity index (χ0) is 36.9. The lowest BCUT2D eigenvalue weighted by molar-refractivity contribution is 0.150. The number of nitrogens with one attached hydrogen (secondary N) is 2. The number of nitrogens with zero attached hydrogens (tertiary/aromatic N) is 6. The van der Waals surface area contributed by atoms with Crippen molar-refractivity contribution in [2.24, 2.45) is 0 Å². The van der Waals surface area contributed by atoms with Gasteiger partial charge in [0.1, 0.15) is 11.8 Å². The fraction of sp³-hybridized carbons (Fsp3) is 0.412. The van der Waals surface area contributed by atoms with Crippen LogP contribution in [0, 0.1) is 12.7 Å². The van der Waals surface area contributed by atoms with Crippen LogP contribution in [-0.2, 0) is 9.16 Å². The van der Waals surface area contributed by atoms with Crippen molar-refractivity contribution in [3.8, 4) is 28.7 Å². The summed E-state index contributed by atoms with van der Waals surface area (Å²) in [5.74, 6) is 0.455. The number of hydrogen-bond donors (Lipinski definition) is 2. The predicted molar refractivity (Wildman–Crippen MR) is 189 cm³/mol. The Labute approximate surface area is 295 Å². The Balaban J connectivity index is 1.49. The maximum Gasteiger partial charge on any atom is 0.436 e. The predicted octanol–water partition coefficient (Wildman–Crippen LogP) is 6.26. The van der Waals surface area contributed by atoms with Crippen LogP contribution in [0.2, 0.25) is 18.1 Å². The third-order valence-corrected chi connectivity index (χ3v) is 13.1.